The summed E-state index contributed by atoms with van der Waals surface area (Å²) in [6.45, 7) is 0. The molecule has 0 spiro atoms. The third-order valence-electron chi connectivity index (χ3n) is 0.477. The highest BCUT2D eigenvalue weighted by Gasteiger charge is 1.95. The Morgan fingerprint density at radius 2 is 1.67 bits per heavy atom. The molecule has 0 N–H and O–H groups in total. The molecule has 1 aliphatic rings. The van der Waals surface area contributed by atoms with Crippen LogP contribution in [-0.4, -0.2) is 16.0 Å². The van der Waals surface area contributed by atoms with E-state index < -0.39 is 0 Å². The van der Waals surface area contributed by atoms with Crippen molar-refractivity contribution < 1.29 is 0 Å². The Balaban J connectivity index is 2.60. The predicted octanol–water partition coefficient (Wildman–Crippen LogP) is -0.532. The van der Waals surface area contributed by atoms with Gasteiger partial charge in [0.25, 0.3) is 0 Å². The normalized spacial score (nSPS) is 20.7. The molecule has 1 aliphatic heterocycles. The summed E-state index contributed by atoms with van der Waals surface area (Å²) in [6, 6.07) is 0. The van der Waals surface area contributed by atoms with E-state index in [2.05, 4.69) is 20.7 Å². The van der Waals surface area contributed by atoms with E-state index in [4.69, 9.17) is 0 Å². The van der Waals surface area contributed by atoms with Crippen LogP contribution in [0.15, 0.2) is 20.7 Å². The molecule has 6 heavy (non-hydrogen) atoms. The third-order valence-corrected chi connectivity index (χ3v) is 0.939. The van der Waals surface area contributed by atoms with Gasteiger partial charge in [-0.2, -0.15) is 0 Å². The average Bonchev–Trinajstić information content (AvgIpc) is 1.86. The molecule has 32 valence electrons. The van der Waals surface area contributed by atoms with Crippen LogP contribution in [0.1, 0.15) is 0 Å². The molecule has 0 radical (unpaired) electrons. The summed E-state index contributed by atoms with van der Waals surface area (Å²) < 4.78 is 0. The molecule has 0 fully saturated rings. The van der Waals surface area contributed by atoms with Crippen LogP contribution in [0.5, 0.6) is 0 Å². The van der Waals surface area contributed by atoms with Gasteiger partial charge in [0.1, 0.15) is 0 Å². The van der Waals surface area contributed by atoms with E-state index in [1.807, 2.05) is 0 Å². The fourth-order valence-electron chi connectivity index (χ4n) is 0.219. The predicted molar refractivity (Wildman–Crippen MR) is 23.4 cm³/mol. The molecule has 0 aromatic carbocycles. The largest absolute Gasteiger partial charge is 0.161 e. The van der Waals surface area contributed by atoms with E-state index in [0.29, 0.717) is 0 Å². The van der Waals surface area contributed by atoms with E-state index >= 15 is 0 Å². The summed E-state index contributed by atoms with van der Waals surface area (Å²) in [5.41, 5.74) is 0. The van der Waals surface area contributed by atoms with Gasteiger partial charge in [0.05, 0.1) is 10.2 Å². The van der Waals surface area contributed by atoms with Gasteiger partial charge in [-0.3, -0.25) is 0 Å². The summed E-state index contributed by atoms with van der Waals surface area (Å²) in [5, 5.41) is 13.7. The number of rotatable bonds is 0. The Labute approximate surface area is 37.8 Å². The van der Waals surface area contributed by atoms with Gasteiger partial charge >= 0.3 is 0 Å². The standard InChI is InChI=1S/CH4N4Si/c6-1-2-4-5-3-1/h1H,6H3. The van der Waals surface area contributed by atoms with Gasteiger partial charge < -0.3 is 0 Å². The van der Waals surface area contributed by atoms with Crippen LogP contribution in [0.3, 0.4) is 0 Å². The lowest BCUT2D eigenvalue weighted by Gasteiger charge is -1.77. The maximum atomic E-state index is 3.59. The van der Waals surface area contributed by atoms with Gasteiger partial charge in [0, 0.05) is 0 Å². The van der Waals surface area contributed by atoms with E-state index in [1.54, 1.807) is 0 Å². The van der Waals surface area contributed by atoms with Crippen LogP contribution in [0.2, 0.25) is 0 Å². The average molecular weight is 100 g/mol. The second-order valence-electron chi connectivity index (χ2n) is 1.04. The van der Waals surface area contributed by atoms with Gasteiger partial charge in [0.2, 0.25) is 0 Å². The van der Waals surface area contributed by atoms with Crippen molar-refractivity contribution in [3.05, 3.63) is 0 Å². The molecule has 0 aromatic rings. The summed E-state index contributed by atoms with van der Waals surface area (Å²) >= 11 is 0. The van der Waals surface area contributed by atoms with E-state index in [-0.39, 0.29) is 5.79 Å². The molecule has 0 bridgehead atoms. The van der Waals surface area contributed by atoms with Crippen molar-refractivity contribution in [2.24, 2.45) is 20.7 Å². The smallest absolute Gasteiger partial charge is 0.143 e. The van der Waals surface area contributed by atoms with Crippen molar-refractivity contribution >= 4 is 10.2 Å². The van der Waals surface area contributed by atoms with Crippen molar-refractivity contribution in [1.29, 1.82) is 0 Å². The lowest BCUT2D eigenvalue weighted by molar-refractivity contribution is 0.953. The maximum Gasteiger partial charge on any atom is 0.161 e. The van der Waals surface area contributed by atoms with E-state index in [1.165, 1.54) is 0 Å². The molecule has 0 amide bonds. The topological polar surface area (TPSA) is 49.4 Å². The zero-order chi connectivity index (χ0) is 4.41. The molecule has 0 aromatic heterocycles. The number of hydrogen-bond acceptors (Lipinski definition) is 4. The van der Waals surface area contributed by atoms with Gasteiger partial charge in [-0.15, -0.1) is 10.2 Å². The van der Waals surface area contributed by atoms with Crippen LogP contribution in [0.25, 0.3) is 0 Å². The summed E-state index contributed by atoms with van der Waals surface area (Å²) in [7, 11) is 0.932. The molecule has 0 saturated heterocycles. The van der Waals surface area contributed by atoms with E-state index in [0.717, 1.165) is 10.2 Å². The minimum Gasteiger partial charge on any atom is -0.143 e. The highest BCUT2D eigenvalue weighted by atomic mass is 28.1. The Morgan fingerprint density at radius 1 is 1.17 bits per heavy atom. The molecule has 0 unspecified atom stereocenters. The molecular formula is CH4N4Si. The minimum absolute atomic E-state index is 0.102. The SMILES string of the molecule is [SiH3]C1N=NN=N1. The van der Waals surface area contributed by atoms with Crippen LogP contribution in [0, 0.1) is 0 Å². The highest BCUT2D eigenvalue weighted by molar-refractivity contribution is 6.11. The van der Waals surface area contributed by atoms with Crippen molar-refractivity contribution in [3.8, 4) is 0 Å². The molecule has 4 nitrogen and oxygen atoms in total. The quantitative estimate of drug-likeness (QED) is 0.367. The Morgan fingerprint density at radius 3 is 1.83 bits per heavy atom. The first-order chi connectivity index (χ1) is 2.89. The van der Waals surface area contributed by atoms with Crippen LogP contribution >= 0.6 is 0 Å². The molecule has 5 heteroatoms. The fraction of sp³-hybridized carbons (Fsp3) is 1.00. The van der Waals surface area contributed by atoms with Crippen LogP contribution in [-0.2, 0) is 0 Å². The highest BCUT2D eigenvalue weighted by Crippen LogP contribution is 1.97. The molecular weight excluding hydrogens is 96.1 g/mol. The number of nitrogens with zero attached hydrogens (tertiary/aromatic N) is 4. The van der Waals surface area contributed by atoms with Gasteiger partial charge in [0.15, 0.2) is 5.79 Å². The molecule has 1 rings (SSSR count). The Hall–Kier alpha value is -0.583. The van der Waals surface area contributed by atoms with Gasteiger partial charge in [-0.1, -0.05) is 0 Å². The summed E-state index contributed by atoms with van der Waals surface area (Å²) in [6.07, 6.45) is 0. The zero-order valence-corrected chi connectivity index (χ0v) is 5.37. The fourth-order valence-corrected chi connectivity index (χ4v) is 0.425. The molecule has 0 saturated carbocycles. The second kappa shape index (κ2) is 1.25. The second-order valence-corrected chi connectivity index (χ2v) is 2.07. The van der Waals surface area contributed by atoms with Gasteiger partial charge in [-0.05, 0) is 10.4 Å². The van der Waals surface area contributed by atoms with Crippen molar-refractivity contribution in [2.75, 3.05) is 0 Å². The zero-order valence-electron chi connectivity index (χ0n) is 3.37. The summed E-state index contributed by atoms with van der Waals surface area (Å²) in [5.74, 6) is 0.102. The molecule has 0 atom stereocenters. The first-order valence-electron chi connectivity index (χ1n) is 1.69. The maximum absolute atomic E-state index is 3.59. The number of hydrogen-bond donors (Lipinski definition) is 0. The third kappa shape index (κ3) is 0.485. The van der Waals surface area contributed by atoms with Crippen LogP contribution < -0.4 is 0 Å². The van der Waals surface area contributed by atoms with Gasteiger partial charge in [-0.25, -0.2) is 0 Å². The van der Waals surface area contributed by atoms with Crippen molar-refractivity contribution in [3.63, 3.8) is 0 Å². The minimum atomic E-state index is 0.102. The molecule has 1 heterocycles. The lowest BCUT2D eigenvalue weighted by Crippen LogP contribution is -1.90. The Kier molecular flexibility index (Phi) is 0.752. The first-order valence-corrected chi connectivity index (χ1v) is 2.85. The Bertz CT molecular complexity index is 83.7. The van der Waals surface area contributed by atoms with Crippen molar-refractivity contribution in [1.82, 2.24) is 0 Å². The summed E-state index contributed by atoms with van der Waals surface area (Å²) in [4.78, 5) is 0. The molecule has 0 aliphatic carbocycles. The first kappa shape index (κ1) is 3.60. The monoisotopic (exact) mass is 100 g/mol. The van der Waals surface area contributed by atoms with Crippen molar-refractivity contribution in [2.45, 2.75) is 5.79 Å². The lowest BCUT2D eigenvalue weighted by atomic mass is 11.2. The van der Waals surface area contributed by atoms with E-state index in [9.17, 15) is 0 Å². The van der Waals surface area contributed by atoms with Crippen LogP contribution in [0.4, 0.5) is 0 Å².